The lowest BCUT2D eigenvalue weighted by atomic mass is 9.93. The van der Waals surface area contributed by atoms with Gasteiger partial charge in [0.25, 0.3) is 5.79 Å². The van der Waals surface area contributed by atoms with Crippen molar-refractivity contribution in [2.75, 3.05) is 13.7 Å². The zero-order valence-electron chi connectivity index (χ0n) is 20.2. The van der Waals surface area contributed by atoms with Gasteiger partial charge >= 0.3 is 11.9 Å². The SMILES string of the molecule is COC(=O)C1(C)OC[C@H]2O[C@H]([O-])[C@H](N(Cc3ccccc3)C(C)=O)[C@@H](OC(=O)c3ccccc3)[C@@H]2O1. The second kappa shape index (κ2) is 10.8. The van der Waals surface area contributed by atoms with Gasteiger partial charge in [0, 0.05) is 26.7 Å². The van der Waals surface area contributed by atoms with E-state index in [9.17, 15) is 19.5 Å². The van der Waals surface area contributed by atoms with E-state index in [-0.39, 0.29) is 18.7 Å². The molecule has 2 aliphatic rings. The predicted octanol–water partition coefficient (Wildman–Crippen LogP) is 1.02. The molecule has 2 aliphatic heterocycles. The minimum absolute atomic E-state index is 0.0739. The van der Waals surface area contributed by atoms with Gasteiger partial charge in [0.15, 0.2) is 6.10 Å². The Morgan fingerprint density at radius 2 is 1.72 bits per heavy atom. The first-order chi connectivity index (χ1) is 17.2. The molecule has 192 valence electrons. The van der Waals surface area contributed by atoms with Gasteiger partial charge in [0.2, 0.25) is 5.91 Å². The van der Waals surface area contributed by atoms with Gasteiger partial charge in [-0.15, -0.1) is 0 Å². The quantitative estimate of drug-likeness (QED) is 0.537. The Hall–Kier alpha value is -3.31. The van der Waals surface area contributed by atoms with Crippen LogP contribution in [0.15, 0.2) is 60.7 Å². The van der Waals surface area contributed by atoms with Crippen LogP contribution >= 0.6 is 0 Å². The van der Waals surface area contributed by atoms with E-state index in [1.54, 1.807) is 30.3 Å². The van der Waals surface area contributed by atoms with E-state index >= 15 is 0 Å². The number of hydrogen-bond acceptors (Lipinski definition) is 9. The molecule has 36 heavy (non-hydrogen) atoms. The van der Waals surface area contributed by atoms with Crippen molar-refractivity contribution in [2.24, 2.45) is 0 Å². The number of carbonyl (C=O) groups excluding carboxylic acids is 3. The van der Waals surface area contributed by atoms with Crippen LogP contribution in [0.5, 0.6) is 0 Å². The van der Waals surface area contributed by atoms with Gasteiger partial charge in [0.05, 0.1) is 25.3 Å². The first-order valence-electron chi connectivity index (χ1n) is 11.5. The second-order valence-electron chi connectivity index (χ2n) is 8.73. The van der Waals surface area contributed by atoms with E-state index in [4.69, 9.17) is 23.7 Å². The molecular weight excluding hydrogens is 470 g/mol. The van der Waals surface area contributed by atoms with Crippen LogP contribution in [-0.2, 0) is 39.8 Å². The van der Waals surface area contributed by atoms with E-state index in [2.05, 4.69) is 0 Å². The molecule has 4 rings (SSSR count). The van der Waals surface area contributed by atoms with Crippen LogP contribution in [0.25, 0.3) is 0 Å². The Morgan fingerprint density at radius 3 is 2.33 bits per heavy atom. The summed E-state index contributed by atoms with van der Waals surface area (Å²) in [6.07, 6.45) is -5.08. The number of hydrogen-bond donors (Lipinski definition) is 0. The van der Waals surface area contributed by atoms with Crippen LogP contribution in [0.2, 0.25) is 0 Å². The van der Waals surface area contributed by atoms with Crippen molar-refractivity contribution in [2.45, 2.75) is 56.8 Å². The maximum absolute atomic E-state index is 13.3. The molecule has 1 unspecified atom stereocenters. The van der Waals surface area contributed by atoms with Crippen molar-refractivity contribution >= 4 is 17.8 Å². The van der Waals surface area contributed by atoms with Gasteiger partial charge in [-0.25, -0.2) is 9.59 Å². The average Bonchev–Trinajstić information content (AvgIpc) is 2.88. The first-order valence-corrected chi connectivity index (χ1v) is 11.5. The van der Waals surface area contributed by atoms with Gasteiger partial charge in [-0.2, -0.15) is 0 Å². The number of fused-ring (bicyclic) bond motifs is 1. The van der Waals surface area contributed by atoms with Crippen molar-refractivity contribution in [3.8, 4) is 0 Å². The highest BCUT2D eigenvalue weighted by Gasteiger charge is 2.56. The summed E-state index contributed by atoms with van der Waals surface area (Å²) < 4.78 is 27.8. The van der Waals surface area contributed by atoms with Gasteiger partial charge in [-0.05, 0) is 17.7 Å². The lowest BCUT2D eigenvalue weighted by Crippen LogP contribution is -2.72. The van der Waals surface area contributed by atoms with Gasteiger partial charge in [-0.1, -0.05) is 48.5 Å². The number of nitrogens with zero attached hydrogens (tertiary/aromatic N) is 1. The van der Waals surface area contributed by atoms with Crippen molar-refractivity contribution in [3.05, 3.63) is 71.8 Å². The number of esters is 2. The topological polar surface area (TPSA) is 124 Å². The third-order valence-corrected chi connectivity index (χ3v) is 6.27. The van der Waals surface area contributed by atoms with Crippen LogP contribution in [0.3, 0.4) is 0 Å². The molecule has 0 N–H and O–H groups in total. The monoisotopic (exact) mass is 498 g/mol. The molecule has 2 aromatic carbocycles. The summed E-state index contributed by atoms with van der Waals surface area (Å²) in [7, 11) is 1.19. The molecule has 0 saturated carbocycles. The molecule has 0 radical (unpaired) electrons. The van der Waals surface area contributed by atoms with E-state index < -0.39 is 54.3 Å². The molecule has 0 spiro atoms. The zero-order valence-corrected chi connectivity index (χ0v) is 20.2. The van der Waals surface area contributed by atoms with Crippen LogP contribution in [0.1, 0.15) is 29.8 Å². The molecule has 0 aromatic heterocycles. The highest BCUT2D eigenvalue weighted by molar-refractivity contribution is 5.89. The van der Waals surface area contributed by atoms with Crippen molar-refractivity contribution in [3.63, 3.8) is 0 Å². The summed E-state index contributed by atoms with van der Waals surface area (Å²) in [6, 6.07) is 16.1. The molecular formula is C26H28NO9-. The first kappa shape index (κ1) is 25.8. The summed E-state index contributed by atoms with van der Waals surface area (Å²) in [6.45, 7) is 2.59. The lowest BCUT2D eigenvalue weighted by molar-refractivity contribution is -0.533. The standard InChI is InChI=1S/C26H28NO9/c1-16(28)27(14-17-10-6-4-7-11-17)20-22(35-23(29)18-12-8-5-9-13-18)21-19(34-24(20)30)15-33-26(2,36-21)25(31)32-3/h4-13,19-22,24H,14-15H2,1-3H3/q-1/t19-,20-,21-,22-,24+,26?/m1/s1. The largest absolute Gasteiger partial charge is 0.829 e. The minimum Gasteiger partial charge on any atom is -0.829 e. The zero-order chi connectivity index (χ0) is 25.9. The van der Waals surface area contributed by atoms with E-state index in [1.165, 1.54) is 25.9 Å². The number of benzene rings is 2. The third kappa shape index (κ3) is 5.26. The third-order valence-electron chi connectivity index (χ3n) is 6.27. The maximum Gasteiger partial charge on any atom is 0.366 e. The summed E-state index contributed by atoms with van der Waals surface area (Å²) in [5.41, 5.74) is 1.02. The Morgan fingerprint density at radius 1 is 1.08 bits per heavy atom. The fourth-order valence-electron chi connectivity index (χ4n) is 4.43. The summed E-state index contributed by atoms with van der Waals surface area (Å²) in [4.78, 5) is 39.6. The van der Waals surface area contributed by atoms with Crippen LogP contribution in [0.4, 0.5) is 0 Å². The Balaban J connectivity index is 1.72. The van der Waals surface area contributed by atoms with E-state index in [0.29, 0.717) is 0 Å². The van der Waals surface area contributed by atoms with Crippen LogP contribution in [0, 0.1) is 0 Å². The molecule has 0 bridgehead atoms. The summed E-state index contributed by atoms with van der Waals surface area (Å²) in [5, 5.41) is 13.3. The number of carbonyl (C=O) groups is 3. The lowest BCUT2D eigenvalue weighted by Gasteiger charge is -2.55. The average molecular weight is 499 g/mol. The number of methoxy groups -OCH3 is 1. The van der Waals surface area contributed by atoms with Crippen molar-refractivity contribution in [1.82, 2.24) is 4.90 Å². The Kier molecular flexibility index (Phi) is 7.70. The molecule has 10 nitrogen and oxygen atoms in total. The Labute approximate surface area is 208 Å². The number of amides is 1. The molecule has 10 heteroatoms. The molecule has 2 heterocycles. The van der Waals surface area contributed by atoms with Gasteiger partial charge in [0.1, 0.15) is 12.2 Å². The molecule has 0 aliphatic carbocycles. The molecule has 2 fully saturated rings. The van der Waals surface area contributed by atoms with E-state index in [1.807, 2.05) is 30.3 Å². The van der Waals surface area contributed by atoms with Crippen LogP contribution < -0.4 is 5.11 Å². The molecule has 6 atom stereocenters. The smallest absolute Gasteiger partial charge is 0.366 e. The van der Waals surface area contributed by atoms with Gasteiger partial charge in [-0.3, -0.25) is 4.79 Å². The molecule has 2 saturated heterocycles. The Bertz CT molecular complexity index is 1080. The predicted molar refractivity (Wildman–Crippen MR) is 122 cm³/mol. The second-order valence-corrected chi connectivity index (χ2v) is 8.73. The number of ether oxygens (including phenoxy) is 5. The highest BCUT2D eigenvalue weighted by atomic mass is 16.8. The number of rotatable bonds is 6. The summed E-state index contributed by atoms with van der Waals surface area (Å²) >= 11 is 0. The minimum atomic E-state index is -1.82. The summed E-state index contributed by atoms with van der Waals surface area (Å²) in [5.74, 6) is -3.76. The van der Waals surface area contributed by atoms with Crippen LogP contribution in [-0.4, -0.2) is 72.9 Å². The van der Waals surface area contributed by atoms with Crippen molar-refractivity contribution < 1.29 is 43.2 Å². The molecule has 1 amide bonds. The highest BCUT2D eigenvalue weighted by Crippen LogP contribution is 2.36. The normalized spacial score (nSPS) is 29.5. The maximum atomic E-state index is 13.3. The van der Waals surface area contributed by atoms with Gasteiger partial charge < -0.3 is 33.7 Å². The fraction of sp³-hybridized carbons (Fsp3) is 0.423. The molecule has 2 aromatic rings. The van der Waals surface area contributed by atoms with E-state index in [0.717, 1.165) is 5.56 Å². The van der Waals surface area contributed by atoms with Crippen molar-refractivity contribution in [1.29, 1.82) is 0 Å². The fourth-order valence-corrected chi connectivity index (χ4v) is 4.43.